The van der Waals surface area contributed by atoms with E-state index in [-0.39, 0.29) is 6.03 Å². The molecule has 0 fully saturated rings. The lowest BCUT2D eigenvalue weighted by Crippen LogP contribution is -2.42. The maximum atomic E-state index is 14.2. The SMILES string of the molecule is CCOc1cccc(N(C(=O)N(CCCN(C)C)Cc2ccc(C(N)=O)cc2)c2ccccc2N)c1. The summed E-state index contributed by atoms with van der Waals surface area (Å²) in [5.41, 5.74) is 14.8. The van der Waals surface area contributed by atoms with Crippen molar-refractivity contribution in [2.24, 2.45) is 5.73 Å². The van der Waals surface area contributed by atoms with Crippen molar-refractivity contribution in [2.75, 3.05) is 44.4 Å². The predicted octanol–water partition coefficient (Wildman–Crippen LogP) is 4.48. The normalized spacial score (nSPS) is 10.8. The van der Waals surface area contributed by atoms with E-state index in [2.05, 4.69) is 4.90 Å². The molecule has 36 heavy (non-hydrogen) atoms. The summed E-state index contributed by atoms with van der Waals surface area (Å²) in [7, 11) is 4.01. The third kappa shape index (κ3) is 6.99. The number of ether oxygens (including phenoxy) is 1. The number of nitrogens with zero attached hydrogens (tertiary/aromatic N) is 3. The number of hydrogen-bond acceptors (Lipinski definition) is 5. The van der Waals surface area contributed by atoms with Crippen molar-refractivity contribution in [3.05, 3.63) is 83.9 Å². The van der Waals surface area contributed by atoms with Gasteiger partial charge in [0.2, 0.25) is 5.91 Å². The molecule has 0 aliphatic rings. The Morgan fingerprint density at radius 1 is 0.917 bits per heavy atom. The van der Waals surface area contributed by atoms with Crippen LogP contribution < -0.4 is 21.1 Å². The van der Waals surface area contributed by atoms with E-state index in [0.29, 0.717) is 48.1 Å². The molecule has 190 valence electrons. The number of amides is 3. The Morgan fingerprint density at radius 3 is 2.28 bits per heavy atom. The van der Waals surface area contributed by atoms with Crippen LogP contribution in [-0.4, -0.2) is 55.5 Å². The van der Waals surface area contributed by atoms with Crippen molar-refractivity contribution in [2.45, 2.75) is 19.9 Å². The van der Waals surface area contributed by atoms with Crippen LogP contribution in [0.25, 0.3) is 0 Å². The number of carbonyl (C=O) groups is 2. The van der Waals surface area contributed by atoms with Crippen molar-refractivity contribution < 1.29 is 14.3 Å². The predicted molar refractivity (Wildman–Crippen MR) is 145 cm³/mol. The van der Waals surface area contributed by atoms with Crippen molar-refractivity contribution in [3.63, 3.8) is 0 Å². The largest absolute Gasteiger partial charge is 0.494 e. The molecule has 8 heteroatoms. The van der Waals surface area contributed by atoms with Gasteiger partial charge in [-0.25, -0.2) is 4.79 Å². The molecule has 0 aliphatic heterocycles. The average molecular weight is 490 g/mol. The van der Waals surface area contributed by atoms with E-state index in [4.69, 9.17) is 16.2 Å². The molecule has 0 radical (unpaired) electrons. The molecule has 3 amide bonds. The molecular formula is C28H35N5O3. The Morgan fingerprint density at radius 2 is 1.64 bits per heavy atom. The molecular weight excluding hydrogens is 454 g/mol. The summed E-state index contributed by atoms with van der Waals surface area (Å²) in [6, 6.07) is 21.5. The van der Waals surface area contributed by atoms with E-state index >= 15 is 0 Å². The van der Waals surface area contributed by atoms with Gasteiger partial charge in [0.05, 0.1) is 23.7 Å². The van der Waals surface area contributed by atoms with Crippen molar-refractivity contribution in [1.82, 2.24) is 9.80 Å². The Balaban J connectivity index is 2.00. The number of nitrogens with two attached hydrogens (primary N) is 2. The second kappa shape index (κ2) is 12.6. The van der Waals surface area contributed by atoms with E-state index < -0.39 is 5.91 Å². The van der Waals surface area contributed by atoms with Crippen LogP contribution in [0.15, 0.2) is 72.8 Å². The zero-order valence-electron chi connectivity index (χ0n) is 21.2. The van der Waals surface area contributed by atoms with Gasteiger partial charge in [-0.2, -0.15) is 0 Å². The summed E-state index contributed by atoms with van der Waals surface area (Å²) in [5.74, 6) is 0.184. The average Bonchev–Trinajstić information content (AvgIpc) is 2.85. The Bertz CT molecular complexity index is 1160. The Labute approximate surface area is 213 Å². The number of nitrogen functional groups attached to an aromatic ring is 1. The number of rotatable bonds is 11. The number of para-hydroxylation sites is 2. The van der Waals surface area contributed by atoms with Crippen LogP contribution in [0.3, 0.4) is 0 Å². The zero-order valence-corrected chi connectivity index (χ0v) is 21.2. The number of urea groups is 1. The van der Waals surface area contributed by atoms with Crippen LogP contribution in [-0.2, 0) is 6.54 Å². The summed E-state index contributed by atoms with van der Waals surface area (Å²) in [4.78, 5) is 31.2. The molecule has 4 N–H and O–H groups in total. The maximum Gasteiger partial charge on any atom is 0.329 e. The molecule has 0 spiro atoms. The minimum absolute atomic E-state index is 0.209. The van der Waals surface area contributed by atoms with Gasteiger partial charge in [-0.15, -0.1) is 0 Å². The molecule has 3 aromatic carbocycles. The van der Waals surface area contributed by atoms with Gasteiger partial charge in [0.15, 0.2) is 0 Å². The highest BCUT2D eigenvalue weighted by molar-refractivity contribution is 6.02. The molecule has 3 aromatic rings. The molecule has 0 saturated carbocycles. The van der Waals surface area contributed by atoms with Crippen LogP contribution in [0.1, 0.15) is 29.3 Å². The lowest BCUT2D eigenvalue weighted by molar-refractivity contribution is 0.1000. The van der Waals surface area contributed by atoms with Crippen LogP contribution >= 0.6 is 0 Å². The Kier molecular flexibility index (Phi) is 9.30. The smallest absolute Gasteiger partial charge is 0.329 e. The quantitative estimate of drug-likeness (QED) is 0.387. The topological polar surface area (TPSA) is 105 Å². The minimum atomic E-state index is -0.486. The maximum absolute atomic E-state index is 14.2. The van der Waals surface area contributed by atoms with Gasteiger partial charge in [0.1, 0.15) is 5.75 Å². The molecule has 0 heterocycles. The fourth-order valence-corrected chi connectivity index (χ4v) is 3.88. The summed E-state index contributed by atoms with van der Waals surface area (Å²) in [6.45, 7) is 4.16. The Hall–Kier alpha value is -4.04. The molecule has 0 unspecified atom stereocenters. The first-order valence-corrected chi connectivity index (χ1v) is 12.0. The molecule has 3 rings (SSSR count). The van der Waals surface area contributed by atoms with Crippen LogP contribution in [0, 0.1) is 0 Å². The van der Waals surface area contributed by atoms with Gasteiger partial charge in [0, 0.05) is 24.7 Å². The standard InChI is InChI=1S/C28H35N5O3/c1-4-36-24-10-7-9-23(19-24)33(26-12-6-5-11-25(26)29)28(35)32(18-8-17-31(2)3)20-21-13-15-22(16-14-21)27(30)34/h5-7,9-16,19H,4,8,17-18,20,29H2,1-3H3,(H2,30,34). The third-order valence-corrected chi connectivity index (χ3v) is 5.67. The van der Waals surface area contributed by atoms with Gasteiger partial charge in [-0.05, 0) is 75.9 Å². The molecule has 0 atom stereocenters. The highest BCUT2D eigenvalue weighted by Gasteiger charge is 2.26. The molecule has 0 aromatic heterocycles. The van der Waals surface area contributed by atoms with Gasteiger partial charge in [-0.3, -0.25) is 9.69 Å². The van der Waals surface area contributed by atoms with Gasteiger partial charge in [0.25, 0.3) is 0 Å². The lowest BCUT2D eigenvalue weighted by Gasteiger charge is -2.32. The minimum Gasteiger partial charge on any atom is -0.494 e. The fraction of sp³-hybridized carbons (Fsp3) is 0.286. The lowest BCUT2D eigenvalue weighted by atomic mass is 10.1. The van der Waals surface area contributed by atoms with Gasteiger partial charge < -0.3 is 26.0 Å². The van der Waals surface area contributed by atoms with Gasteiger partial charge in [-0.1, -0.05) is 30.3 Å². The van der Waals surface area contributed by atoms with E-state index in [0.717, 1.165) is 18.5 Å². The molecule has 0 aliphatic carbocycles. The first-order valence-electron chi connectivity index (χ1n) is 12.0. The van der Waals surface area contributed by atoms with E-state index in [1.54, 1.807) is 28.0 Å². The second-order valence-electron chi connectivity index (χ2n) is 8.75. The highest BCUT2D eigenvalue weighted by Crippen LogP contribution is 2.33. The molecule has 0 saturated heterocycles. The third-order valence-electron chi connectivity index (χ3n) is 5.67. The van der Waals surface area contributed by atoms with Gasteiger partial charge >= 0.3 is 6.03 Å². The first kappa shape index (κ1) is 26.6. The van der Waals surface area contributed by atoms with Crippen molar-refractivity contribution in [1.29, 1.82) is 0 Å². The van der Waals surface area contributed by atoms with Crippen LogP contribution in [0.5, 0.6) is 5.75 Å². The van der Waals surface area contributed by atoms with E-state index in [1.807, 2.05) is 75.6 Å². The first-order chi connectivity index (χ1) is 17.3. The number of carbonyl (C=O) groups excluding carboxylic acids is 2. The van der Waals surface area contributed by atoms with Crippen molar-refractivity contribution in [3.8, 4) is 5.75 Å². The molecule has 8 nitrogen and oxygen atoms in total. The zero-order chi connectivity index (χ0) is 26.1. The molecule has 0 bridgehead atoms. The van der Waals surface area contributed by atoms with E-state index in [1.165, 1.54) is 0 Å². The van der Waals surface area contributed by atoms with Crippen molar-refractivity contribution >= 4 is 29.0 Å². The summed E-state index contributed by atoms with van der Waals surface area (Å²) in [6.07, 6.45) is 0.787. The number of primary amides is 1. The monoisotopic (exact) mass is 489 g/mol. The number of benzene rings is 3. The summed E-state index contributed by atoms with van der Waals surface area (Å²) >= 11 is 0. The summed E-state index contributed by atoms with van der Waals surface area (Å²) in [5, 5.41) is 0. The number of anilines is 3. The summed E-state index contributed by atoms with van der Waals surface area (Å²) < 4.78 is 5.69. The highest BCUT2D eigenvalue weighted by atomic mass is 16.5. The van der Waals surface area contributed by atoms with Crippen LogP contribution in [0.4, 0.5) is 21.9 Å². The van der Waals surface area contributed by atoms with E-state index in [9.17, 15) is 9.59 Å². The second-order valence-corrected chi connectivity index (χ2v) is 8.75. The number of hydrogen-bond donors (Lipinski definition) is 2. The fourth-order valence-electron chi connectivity index (χ4n) is 3.88. The van der Waals surface area contributed by atoms with Crippen LogP contribution in [0.2, 0.25) is 0 Å².